The van der Waals surface area contributed by atoms with Crippen molar-refractivity contribution < 1.29 is 24.2 Å². The first-order valence-corrected chi connectivity index (χ1v) is 12.5. The fourth-order valence-electron chi connectivity index (χ4n) is 8.94. The van der Waals surface area contributed by atoms with Gasteiger partial charge in [-0.1, -0.05) is 12.1 Å². The highest BCUT2D eigenvalue weighted by Crippen LogP contribution is 2.84. The van der Waals surface area contributed by atoms with Crippen molar-refractivity contribution in [1.29, 1.82) is 0 Å². The van der Waals surface area contributed by atoms with Gasteiger partial charge in [0, 0.05) is 41.3 Å². The molecule has 1 aromatic carbocycles. The van der Waals surface area contributed by atoms with Crippen molar-refractivity contribution in [2.75, 3.05) is 34.4 Å². The molecule has 0 aromatic heterocycles. The van der Waals surface area contributed by atoms with Crippen LogP contribution in [0.1, 0.15) is 50.2 Å². The van der Waals surface area contributed by atoms with Crippen LogP contribution in [0, 0.1) is 11.3 Å². The fraction of sp³-hybridized carbons (Fsp3) is 0.630. The highest BCUT2D eigenvalue weighted by Gasteiger charge is 2.86. The fourth-order valence-corrected chi connectivity index (χ4v) is 8.94. The third kappa shape index (κ3) is 2.22. The lowest BCUT2D eigenvalue weighted by Gasteiger charge is -2.59. The lowest BCUT2D eigenvalue weighted by Crippen LogP contribution is -2.66. The molecule has 0 radical (unpaired) electrons. The van der Waals surface area contributed by atoms with Gasteiger partial charge in [-0.15, -0.1) is 0 Å². The summed E-state index contributed by atoms with van der Waals surface area (Å²) in [6.07, 6.45) is 5.91. The van der Waals surface area contributed by atoms with Crippen LogP contribution < -0.4 is 10.1 Å². The van der Waals surface area contributed by atoms with Crippen LogP contribution >= 0.6 is 0 Å². The Morgan fingerprint density at radius 2 is 2.00 bits per heavy atom. The summed E-state index contributed by atoms with van der Waals surface area (Å²) in [5.74, 6) is -0.138. The summed E-state index contributed by atoms with van der Waals surface area (Å²) in [6.45, 7) is 3.29. The van der Waals surface area contributed by atoms with Crippen LogP contribution in [0.2, 0.25) is 0 Å². The predicted molar refractivity (Wildman–Crippen MR) is 126 cm³/mol. The molecular weight excluding hydrogens is 432 g/mol. The van der Waals surface area contributed by atoms with Gasteiger partial charge in [-0.3, -0.25) is 4.79 Å². The zero-order valence-electron chi connectivity index (χ0n) is 20.4. The Balaban J connectivity index is 1.56. The summed E-state index contributed by atoms with van der Waals surface area (Å²) in [6, 6.07) is 6.32. The minimum Gasteiger partial charge on any atom is -0.497 e. The number of carbonyl (C=O) groups is 2. The predicted octanol–water partition coefficient (Wildman–Crippen LogP) is 2.06. The van der Waals surface area contributed by atoms with E-state index in [1.165, 1.54) is 18.2 Å². The summed E-state index contributed by atoms with van der Waals surface area (Å²) in [5.41, 5.74) is 0.927. The Hall–Kier alpha value is -2.38. The summed E-state index contributed by atoms with van der Waals surface area (Å²) in [5, 5.41) is 16.3. The van der Waals surface area contributed by atoms with E-state index < -0.39 is 17.0 Å². The van der Waals surface area contributed by atoms with E-state index in [0.29, 0.717) is 19.4 Å². The smallest absolute Gasteiger partial charge is 0.343 e. The number of esters is 1. The second kappa shape index (κ2) is 6.85. The van der Waals surface area contributed by atoms with Crippen LogP contribution in [0.25, 0.3) is 0 Å². The van der Waals surface area contributed by atoms with E-state index in [2.05, 4.69) is 17.4 Å². The van der Waals surface area contributed by atoms with Crippen molar-refractivity contribution in [1.82, 2.24) is 10.2 Å². The summed E-state index contributed by atoms with van der Waals surface area (Å²) < 4.78 is 10.5. The van der Waals surface area contributed by atoms with E-state index in [-0.39, 0.29) is 34.3 Å². The van der Waals surface area contributed by atoms with Gasteiger partial charge in [-0.05, 0) is 69.3 Å². The minimum absolute atomic E-state index is 0.0653. The molecule has 2 spiro atoms. The summed E-state index contributed by atoms with van der Waals surface area (Å²) in [7, 11) is 4.98. The first-order chi connectivity index (χ1) is 16.3. The molecule has 1 heterocycles. The molecule has 1 aromatic rings. The maximum Gasteiger partial charge on any atom is 0.343 e. The average Bonchev–Trinajstić information content (AvgIpc) is 3.58. The largest absolute Gasteiger partial charge is 0.497 e. The zero-order chi connectivity index (χ0) is 24.1. The Labute approximate surface area is 200 Å². The number of benzene rings is 1. The summed E-state index contributed by atoms with van der Waals surface area (Å²) >= 11 is 0. The topological polar surface area (TPSA) is 88.1 Å². The number of amides is 1. The molecule has 5 unspecified atom stereocenters. The van der Waals surface area contributed by atoms with Gasteiger partial charge in [0.15, 0.2) is 0 Å². The second-order valence-electron chi connectivity index (χ2n) is 11.0. The maximum absolute atomic E-state index is 13.3. The van der Waals surface area contributed by atoms with Crippen molar-refractivity contribution >= 4 is 11.9 Å². The number of aliphatic hydroxyl groups is 1. The monoisotopic (exact) mass is 466 g/mol. The number of carbonyl (C=O) groups excluding carboxylic acids is 2. The number of methoxy groups -OCH3 is 2. The van der Waals surface area contributed by atoms with Gasteiger partial charge in [-0.25, -0.2) is 4.79 Å². The molecular formula is C27H34N2O5. The van der Waals surface area contributed by atoms with Crippen molar-refractivity contribution in [3.05, 3.63) is 41.0 Å². The van der Waals surface area contributed by atoms with Crippen LogP contribution in [0.15, 0.2) is 29.8 Å². The summed E-state index contributed by atoms with van der Waals surface area (Å²) in [4.78, 5) is 27.6. The second-order valence-corrected chi connectivity index (χ2v) is 11.0. The SMILES string of the molecule is CCN1C(=O)C(C(=O)OC)=CC2CC3(O)C4(CC21)CC(CNC)(c1ccc(OC)cc14)C31CC1. The molecule has 2 bridgehead atoms. The van der Waals surface area contributed by atoms with Crippen molar-refractivity contribution in [2.24, 2.45) is 11.3 Å². The van der Waals surface area contributed by atoms with Crippen molar-refractivity contribution in [3.63, 3.8) is 0 Å². The van der Waals surface area contributed by atoms with E-state index in [0.717, 1.165) is 31.6 Å². The first kappa shape index (κ1) is 22.1. The third-order valence-corrected chi connectivity index (χ3v) is 10.2. The van der Waals surface area contributed by atoms with Gasteiger partial charge in [0.05, 0.1) is 19.8 Å². The highest BCUT2D eigenvalue weighted by molar-refractivity contribution is 6.16. The number of hydrogen-bond donors (Lipinski definition) is 2. The number of nitrogens with one attached hydrogen (secondary N) is 1. The van der Waals surface area contributed by atoms with Crippen LogP contribution in [0.5, 0.6) is 5.75 Å². The van der Waals surface area contributed by atoms with Crippen molar-refractivity contribution in [3.8, 4) is 5.75 Å². The van der Waals surface area contributed by atoms with Crippen LogP contribution in [-0.4, -0.2) is 67.9 Å². The first-order valence-electron chi connectivity index (χ1n) is 12.5. The van der Waals surface area contributed by atoms with Gasteiger partial charge in [0.1, 0.15) is 11.3 Å². The molecule has 1 aliphatic heterocycles. The normalized spacial score (nSPS) is 38.2. The molecule has 0 saturated heterocycles. The molecule has 7 nitrogen and oxygen atoms in total. The van der Waals surface area contributed by atoms with Gasteiger partial charge in [-0.2, -0.15) is 0 Å². The molecule has 4 aliphatic carbocycles. The number of hydrogen-bond acceptors (Lipinski definition) is 6. The average molecular weight is 467 g/mol. The van der Waals surface area contributed by atoms with E-state index in [1.54, 1.807) is 13.2 Å². The Kier molecular flexibility index (Phi) is 4.45. The minimum atomic E-state index is -0.908. The van der Waals surface area contributed by atoms with E-state index in [1.807, 2.05) is 24.9 Å². The van der Waals surface area contributed by atoms with Crippen LogP contribution in [0.3, 0.4) is 0 Å². The Bertz CT molecular complexity index is 1130. The molecule has 2 N–H and O–H groups in total. The number of rotatable bonds is 5. The quantitative estimate of drug-likeness (QED) is 0.510. The number of likely N-dealkylation sites (N-methyl/N-ethyl adjacent to an activating group) is 2. The van der Waals surface area contributed by atoms with E-state index in [9.17, 15) is 14.7 Å². The lowest BCUT2D eigenvalue weighted by molar-refractivity contribution is -0.153. The van der Waals surface area contributed by atoms with Crippen LogP contribution in [-0.2, 0) is 25.2 Å². The Morgan fingerprint density at radius 3 is 2.62 bits per heavy atom. The molecule has 1 amide bonds. The zero-order valence-corrected chi connectivity index (χ0v) is 20.4. The molecule has 5 atom stereocenters. The molecule has 7 heteroatoms. The molecule has 6 rings (SSSR count). The van der Waals surface area contributed by atoms with Gasteiger partial charge >= 0.3 is 5.97 Å². The van der Waals surface area contributed by atoms with E-state index >= 15 is 0 Å². The van der Waals surface area contributed by atoms with E-state index in [4.69, 9.17) is 9.47 Å². The molecule has 182 valence electrons. The third-order valence-electron chi connectivity index (χ3n) is 10.2. The standard InChI is InChI=1S/C27H34N2O5/c1-5-29-21-13-24-14-25(15-28-2,19-7-6-17(33-3)11-20(19)24)26(8-9-26)27(24,32)12-16(21)10-18(22(29)30)23(31)34-4/h6-7,10-11,16,21,28,32H,5,8-9,12-15H2,1-4H3. The number of ether oxygens (including phenoxy) is 2. The maximum atomic E-state index is 13.3. The number of fused-ring (bicyclic) bond motifs is 6. The highest BCUT2D eigenvalue weighted by atomic mass is 16.5. The molecule has 5 aliphatic rings. The lowest BCUT2D eigenvalue weighted by atomic mass is 9.51. The number of nitrogens with zero attached hydrogens (tertiary/aromatic N) is 1. The molecule has 3 fully saturated rings. The molecule has 34 heavy (non-hydrogen) atoms. The molecule has 3 saturated carbocycles. The van der Waals surface area contributed by atoms with Gasteiger partial charge < -0.3 is 24.8 Å². The van der Waals surface area contributed by atoms with Gasteiger partial charge in [0.25, 0.3) is 5.91 Å². The Morgan fingerprint density at radius 1 is 1.24 bits per heavy atom. The van der Waals surface area contributed by atoms with Crippen molar-refractivity contribution in [2.45, 2.75) is 61.5 Å². The van der Waals surface area contributed by atoms with Gasteiger partial charge in [0.2, 0.25) is 0 Å². The van der Waals surface area contributed by atoms with Crippen LogP contribution in [0.4, 0.5) is 0 Å².